The lowest BCUT2D eigenvalue weighted by molar-refractivity contribution is -0.703. The first-order valence-corrected chi connectivity index (χ1v) is 5.42. The van der Waals surface area contributed by atoms with E-state index in [0.29, 0.717) is 0 Å². The molecule has 0 atom stereocenters. The minimum atomic E-state index is -0.144. The molecule has 76 valence electrons. The van der Waals surface area contributed by atoms with Gasteiger partial charge in [-0.1, -0.05) is 12.1 Å². The Hall–Kier alpha value is -0.890. The Bertz CT molecular complexity index is 275. The second-order valence-electron chi connectivity index (χ2n) is 4.11. The Morgan fingerprint density at radius 3 is 2.43 bits per heavy atom. The summed E-state index contributed by atoms with van der Waals surface area (Å²) in [6.07, 6.45) is 5.46. The fraction of sp³-hybridized carbons (Fsp3) is 0.500. The van der Waals surface area contributed by atoms with Gasteiger partial charge in [-0.05, 0) is 37.8 Å². The van der Waals surface area contributed by atoms with Crippen molar-refractivity contribution in [2.24, 2.45) is 0 Å². The fourth-order valence-electron chi connectivity index (χ4n) is 2.12. The number of benzene rings is 1. The number of rotatable bonds is 3. The average molecular weight is 194 g/mol. The first-order valence-electron chi connectivity index (χ1n) is 5.42. The van der Waals surface area contributed by atoms with Crippen LogP contribution < -0.4 is 5.32 Å². The summed E-state index contributed by atoms with van der Waals surface area (Å²) in [5.74, 6) is -0.144. The predicted molar refractivity (Wildman–Crippen MR) is 54.3 cm³/mol. The van der Waals surface area contributed by atoms with Crippen molar-refractivity contribution in [1.82, 2.24) is 0 Å². The number of hydrogen-bond donors (Lipinski definition) is 1. The van der Waals surface area contributed by atoms with E-state index in [9.17, 15) is 4.39 Å². The molecular formula is C12H17FN+. The van der Waals surface area contributed by atoms with Gasteiger partial charge < -0.3 is 5.32 Å². The summed E-state index contributed by atoms with van der Waals surface area (Å²) in [6.45, 7) is 0.991. The first kappa shape index (κ1) is 9.66. The van der Waals surface area contributed by atoms with Crippen molar-refractivity contribution < 1.29 is 9.71 Å². The molecule has 1 fully saturated rings. The molecule has 1 saturated carbocycles. The summed E-state index contributed by atoms with van der Waals surface area (Å²) >= 11 is 0. The standard InChI is InChI=1S/C12H16FN/c13-11-7-5-10(6-8-11)9-14-12-3-1-2-4-12/h5-8,12,14H,1-4,9H2/p+1. The van der Waals surface area contributed by atoms with Crippen molar-refractivity contribution in [3.8, 4) is 0 Å². The minimum Gasteiger partial charge on any atom is -0.340 e. The zero-order valence-electron chi connectivity index (χ0n) is 8.38. The molecule has 2 N–H and O–H groups in total. The van der Waals surface area contributed by atoms with E-state index < -0.39 is 0 Å². The lowest BCUT2D eigenvalue weighted by Gasteiger charge is -2.07. The Labute approximate surface area is 84.3 Å². The van der Waals surface area contributed by atoms with Crippen LogP contribution in [0, 0.1) is 5.82 Å². The molecule has 0 heterocycles. The Balaban J connectivity index is 1.82. The predicted octanol–water partition coefficient (Wildman–Crippen LogP) is 1.83. The van der Waals surface area contributed by atoms with E-state index in [2.05, 4.69) is 5.32 Å². The summed E-state index contributed by atoms with van der Waals surface area (Å²) in [7, 11) is 0. The smallest absolute Gasteiger partial charge is 0.123 e. The average Bonchev–Trinajstić information content (AvgIpc) is 2.70. The SMILES string of the molecule is Fc1ccc(C[NH2+]C2CCCC2)cc1. The van der Waals surface area contributed by atoms with Gasteiger partial charge in [-0.3, -0.25) is 0 Å². The summed E-state index contributed by atoms with van der Waals surface area (Å²) < 4.78 is 12.6. The van der Waals surface area contributed by atoms with Crippen molar-refractivity contribution in [2.75, 3.05) is 0 Å². The first-order chi connectivity index (χ1) is 6.84. The highest BCUT2D eigenvalue weighted by molar-refractivity contribution is 5.14. The Kier molecular flexibility index (Phi) is 3.14. The molecule has 0 spiro atoms. The topological polar surface area (TPSA) is 16.6 Å². The molecule has 1 aliphatic carbocycles. The van der Waals surface area contributed by atoms with E-state index in [1.54, 1.807) is 0 Å². The van der Waals surface area contributed by atoms with Crippen LogP contribution in [0.3, 0.4) is 0 Å². The third-order valence-electron chi connectivity index (χ3n) is 3.00. The van der Waals surface area contributed by atoms with Gasteiger partial charge in [0.05, 0.1) is 6.04 Å². The number of nitrogens with two attached hydrogens (primary N) is 1. The second-order valence-corrected chi connectivity index (χ2v) is 4.11. The highest BCUT2D eigenvalue weighted by Crippen LogP contribution is 2.14. The summed E-state index contributed by atoms with van der Waals surface area (Å²) in [4.78, 5) is 0. The van der Waals surface area contributed by atoms with Crippen LogP contribution in [-0.2, 0) is 6.54 Å². The normalized spacial score (nSPS) is 17.5. The third-order valence-corrected chi connectivity index (χ3v) is 3.00. The number of quaternary nitrogens is 1. The molecule has 1 aromatic rings. The van der Waals surface area contributed by atoms with Gasteiger partial charge in [0.2, 0.25) is 0 Å². The van der Waals surface area contributed by atoms with Crippen LogP contribution >= 0.6 is 0 Å². The Morgan fingerprint density at radius 2 is 1.79 bits per heavy atom. The highest BCUT2D eigenvalue weighted by atomic mass is 19.1. The van der Waals surface area contributed by atoms with Crippen molar-refractivity contribution in [3.05, 3.63) is 35.6 Å². The van der Waals surface area contributed by atoms with Crippen molar-refractivity contribution in [3.63, 3.8) is 0 Å². The zero-order valence-corrected chi connectivity index (χ0v) is 8.38. The van der Waals surface area contributed by atoms with E-state index >= 15 is 0 Å². The molecular weight excluding hydrogens is 177 g/mol. The zero-order chi connectivity index (χ0) is 9.80. The van der Waals surface area contributed by atoms with Gasteiger partial charge in [0, 0.05) is 5.56 Å². The highest BCUT2D eigenvalue weighted by Gasteiger charge is 2.17. The number of hydrogen-bond acceptors (Lipinski definition) is 0. The van der Waals surface area contributed by atoms with Crippen LogP contribution in [0.1, 0.15) is 31.2 Å². The van der Waals surface area contributed by atoms with Gasteiger partial charge in [0.1, 0.15) is 12.4 Å². The summed E-state index contributed by atoms with van der Waals surface area (Å²) in [5.41, 5.74) is 1.22. The molecule has 1 aromatic carbocycles. The van der Waals surface area contributed by atoms with E-state index in [1.807, 2.05) is 12.1 Å². The lowest BCUT2D eigenvalue weighted by atomic mass is 10.2. The molecule has 0 amide bonds. The quantitative estimate of drug-likeness (QED) is 0.756. The molecule has 1 nitrogen and oxygen atoms in total. The Morgan fingerprint density at radius 1 is 1.14 bits per heavy atom. The maximum Gasteiger partial charge on any atom is 0.123 e. The van der Waals surface area contributed by atoms with E-state index in [0.717, 1.165) is 12.6 Å². The van der Waals surface area contributed by atoms with Crippen LogP contribution in [-0.4, -0.2) is 6.04 Å². The molecule has 0 aromatic heterocycles. The van der Waals surface area contributed by atoms with Crippen molar-refractivity contribution >= 4 is 0 Å². The van der Waals surface area contributed by atoms with E-state index in [-0.39, 0.29) is 5.82 Å². The lowest BCUT2D eigenvalue weighted by Crippen LogP contribution is -2.87. The van der Waals surface area contributed by atoms with Gasteiger partial charge in [0.25, 0.3) is 0 Å². The van der Waals surface area contributed by atoms with E-state index in [1.165, 1.54) is 43.4 Å². The maximum atomic E-state index is 12.6. The van der Waals surface area contributed by atoms with Gasteiger partial charge in [0.15, 0.2) is 0 Å². The molecule has 14 heavy (non-hydrogen) atoms. The molecule has 2 heteroatoms. The van der Waals surface area contributed by atoms with Gasteiger partial charge >= 0.3 is 0 Å². The van der Waals surface area contributed by atoms with Gasteiger partial charge in [-0.15, -0.1) is 0 Å². The molecule has 0 bridgehead atoms. The molecule has 0 aliphatic heterocycles. The fourth-order valence-corrected chi connectivity index (χ4v) is 2.12. The summed E-state index contributed by atoms with van der Waals surface area (Å²) in [6, 6.07) is 7.64. The van der Waals surface area contributed by atoms with Crippen LogP contribution in [0.2, 0.25) is 0 Å². The van der Waals surface area contributed by atoms with Crippen LogP contribution in [0.25, 0.3) is 0 Å². The minimum absolute atomic E-state index is 0.144. The van der Waals surface area contributed by atoms with E-state index in [4.69, 9.17) is 0 Å². The monoisotopic (exact) mass is 194 g/mol. The van der Waals surface area contributed by atoms with Crippen LogP contribution in [0.5, 0.6) is 0 Å². The third kappa shape index (κ3) is 2.55. The molecule has 2 rings (SSSR count). The van der Waals surface area contributed by atoms with Crippen LogP contribution in [0.4, 0.5) is 4.39 Å². The van der Waals surface area contributed by atoms with Crippen molar-refractivity contribution in [1.29, 1.82) is 0 Å². The summed E-state index contributed by atoms with van der Waals surface area (Å²) in [5, 5.41) is 2.39. The van der Waals surface area contributed by atoms with Crippen molar-refractivity contribution in [2.45, 2.75) is 38.3 Å². The molecule has 0 radical (unpaired) electrons. The maximum absolute atomic E-state index is 12.6. The second kappa shape index (κ2) is 4.56. The molecule has 0 unspecified atom stereocenters. The van der Waals surface area contributed by atoms with Gasteiger partial charge in [-0.25, -0.2) is 4.39 Å². The van der Waals surface area contributed by atoms with Gasteiger partial charge in [-0.2, -0.15) is 0 Å². The number of halogens is 1. The largest absolute Gasteiger partial charge is 0.340 e. The molecule has 0 saturated heterocycles. The molecule has 1 aliphatic rings. The van der Waals surface area contributed by atoms with Crippen LogP contribution in [0.15, 0.2) is 24.3 Å².